The number of hydrogen-bond acceptors (Lipinski definition) is 8. The molecule has 34 heavy (non-hydrogen) atoms. The molecule has 0 aliphatic heterocycles. The van der Waals surface area contributed by atoms with E-state index in [1.807, 2.05) is 53.1 Å². The number of ether oxygens (including phenoxy) is 1. The predicted octanol–water partition coefficient (Wildman–Crippen LogP) is 4.05. The van der Waals surface area contributed by atoms with Gasteiger partial charge in [-0.1, -0.05) is 11.8 Å². The summed E-state index contributed by atoms with van der Waals surface area (Å²) in [5.41, 5.74) is 1.74. The molecule has 0 fully saturated rings. The van der Waals surface area contributed by atoms with E-state index in [2.05, 4.69) is 20.5 Å². The van der Waals surface area contributed by atoms with Crippen LogP contribution >= 0.6 is 23.1 Å². The number of ketones is 1. The fraction of sp³-hybridized carbons (Fsp3) is 0.208. The number of hydrogen-bond donors (Lipinski definition) is 1. The molecule has 1 amide bonds. The number of thiophene rings is 1. The Labute approximate surface area is 205 Å². The second-order valence-electron chi connectivity index (χ2n) is 7.29. The largest absolute Gasteiger partial charge is 0.497 e. The van der Waals surface area contributed by atoms with Gasteiger partial charge in [0.1, 0.15) is 5.75 Å². The van der Waals surface area contributed by atoms with Gasteiger partial charge in [0.25, 0.3) is 0 Å². The van der Waals surface area contributed by atoms with Crippen molar-refractivity contribution in [2.75, 3.05) is 19.4 Å². The fourth-order valence-corrected chi connectivity index (χ4v) is 5.11. The number of Topliss-reactive ketones (excluding diaryl/α,β-unsaturated/α-hetero) is 1. The lowest BCUT2D eigenvalue weighted by Crippen LogP contribution is -2.22. The van der Waals surface area contributed by atoms with Crippen molar-refractivity contribution in [2.24, 2.45) is 0 Å². The van der Waals surface area contributed by atoms with E-state index in [0.29, 0.717) is 28.8 Å². The molecule has 0 saturated carbocycles. The number of aromatic nitrogens is 4. The topological polar surface area (TPSA) is 99.0 Å². The van der Waals surface area contributed by atoms with Crippen LogP contribution in [0.4, 0.5) is 0 Å². The van der Waals surface area contributed by atoms with Crippen molar-refractivity contribution < 1.29 is 14.3 Å². The number of rotatable bonds is 10. The average Bonchev–Trinajstić information content (AvgIpc) is 3.50. The van der Waals surface area contributed by atoms with Crippen LogP contribution in [0.5, 0.6) is 5.75 Å². The molecule has 8 nitrogen and oxygen atoms in total. The molecule has 3 aromatic heterocycles. The highest BCUT2D eigenvalue weighted by Gasteiger charge is 2.18. The van der Waals surface area contributed by atoms with Gasteiger partial charge in [0.05, 0.1) is 17.7 Å². The number of nitrogens with one attached hydrogen (secondary N) is 1. The van der Waals surface area contributed by atoms with Crippen molar-refractivity contribution >= 4 is 34.8 Å². The van der Waals surface area contributed by atoms with Crippen LogP contribution < -0.4 is 10.1 Å². The minimum absolute atomic E-state index is 0.0236. The zero-order valence-electron chi connectivity index (χ0n) is 18.7. The van der Waals surface area contributed by atoms with Crippen LogP contribution in [0.3, 0.4) is 0 Å². The van der Waals surface area contributed by atoms with Crippen molar-refractivity contribution in [1.82, 2.24) is 25.1 Å². The Morgan fingerprint density at radius 2 is 1.82 bits per heavy atom. The quantitative estimate of drug-likeness (QED) is 0.263. The van der Waals surface area contributed by atoms with Crippen LogP contribution in [0.15, 0.2) is 66.1 Å². The standard InChI is InChI=1S/C24H23N5O3S2/c1-16(30)26-14-11-20-7-8-22(34-20)21(31)15-33-24-28-27-23(17-9-12-25-13-10-17)29(24)18-3-5-19(32-2)6-4-18/h3-10,12-13H,11,14-15H2,1-2H3,(H,26,30). The van der Waals surface area contributed by atoms with Crippen molar-refractivity contribution in [3.63, 3.8) is 0 Å². The van der Waals surface area contributed by atoms with Gasteiger partial charge in [-0.15, -0.1) is 21.5 Å². The molecule has 4 aromatic rings. The average molecular weight is 494 g/mol. The highest BCUT2D eigenvalue weighted by molar-refractivity contribution is 7.99. The number of pyridine rings is 1. The van der Waals surface area contributed by atoms with E-state index in [0.717, 1.165) is 21.9 Å². The summed E-state index contributed by atoms with van der Waals surface area (Å²) in [4.78, 5) is 29.7. The van der Waals surface area contributed by atoms with Crippen molar-refractivity contribution in [2.45, 2.75) is 18.5 Å². The van der Waals surface area contributed by atoms with E-state index in [1.54, 1.807) is 19.5 Å². The number of benzene rings is 1. The van der Waals surface area contributed by atoms with Gasteiger partial charge in [-0.2, -0.15) is 0 Å². The predicted molar refractivity (Wildman–Crippen MR) is 133 cm³/mol. The minimum atomic E-state index is -0.0589. The van der Waals surface area contributed by atoms with Crippen LogP contribution in [-0.4, -0.2) is 50.8 Å². The Bertz CT molecular complexity index is 1270. The first kappa shape index (κ1) is 23.7. The lowest BCUT2D eigenvalue weighted by molar-refractivity contribution is -0.118. The van der Waals surface area contributed by atoms with E-state index in [4.69, 9.17) is 4.74 Å². The maximum atomic E-state index is 12.9. The zero-order valence-corrected chi connectivity index (χ0v) is 20.4. The summed E-state index contributed by atoms with van der Waals surface area (Å²) in [6.45, 7) is 2.05. The second-order valence-corrected chi connectivity index (χ2v) is 9.40. The molecule has 10 heteroatoms. The highest BCUT2D eigenvalue weighted by atomic mass is 32.2. The molecular weight excluding hydrogens is 470 g/mol. The zero-order chi connectivity index (χ0) is 23.9. The number of carbonyl (C=O) groups excluding carboxylic acids is 2. The summed E-state index contributed by atoms with van der Waals surface area (Å²) in [5.74, 6) is 1.61. The molecular formula is C24H23N5O3S2. The second kappa shape index (κ2) is 11.1. The van der Waals surface area contributed by atoms with Gasteiger partial charge in [-0.25, -0.2) is 0 Å². The van der Waals surface area contributed by atoms with Gasteiger partial charge >= 0.3 is 0 Å². The van der Waals surface area contributed by atoms with Crippen LogP contribution in [0.2, 0.25) is 0 Å². The minimum Gasteiger partial charge on any atom is -0.497 e. The summed E-state index contributed by atoms with van der Waals surface area (Å²) in [7, 11) is 1.62. The molecule has 0 unspecified atom stereocenters. The molecule has 0 spiro atoms. The molecule has 0 aliphatic rings. The summed E-state index contributed by atoms with van der Waals surface area (Å²) in [6, 6.07) is 15.1. The third-order valence-corrected chi connectivity index (χ3v) is 7.03. The van der Waals surface area contributed by atoms with Gasteiger partial charge in [-0.3, -0.25) is 19.1 Å². The van der Waals surface area contributed by atoms with Gasteiger partial charge in [0.2, 0.25) is 5.91 Å². The highest BCUT2D eigenvalue weighted by Crippen LogP contribution is 2.29. The molecule has 0 aliphatic carbocycles. The molecule has 1 N–H and O–H groups in total. The number of carbonyl (C=O) groups is 2. The van der Waals surface area contributed by atoms with E-state index in [-0.39, 0.29) is 17.4 Å². The molecule has 0 radical (unpaired) electrons. The molecule has 0 saturated heterocycles. The van der Waals surface area contributed by atoms with E-state index in [1.165, 1.54) is 30.0 Å². The fourth-order valence-electron chi connectivity index (χ4n) is 3.24. The first-order valence-corrected chi connectivity index (χ1v) is 12.3. The monoisotopic (exact) mass is 493 g/mol. The Morgan fingerprint density at radius 1 is 1.06 bits per heavy atom. The summed E-state index contributed by atoms with van der Waals surface area (Å²) < 4.78 is 7.21. The smallest absolute Gasteiger partial charge is 0.216 e. The van der Waals surface area contributed by atoms with Crippen molar-refractivity contribution in [3.05, 3.63) is 70.7 Å². The summed E-state index contributed by atoms with van der Waals surface area (Å²) in [5, 5.41) is 12.2. The summed E-state index contributed by atoms with van der Waals surface area (Å²) in [6.07, 6.45) is 4.11. The van der Waals surface area contributed by atoms with Gasteiger partial charge in [-0.05, 0) is 55.0 Å². The van der Waals surface area contributed by atoms with E-state index in [9.17, 15) is 9.59 Å². The van der Waals surface area contributed by atoms with E-state index >= 15 is 0 Å². The number of nitrogens with zero attached hydrogens (tertiary/aromatic N) is 4. The Hall–Kier alpha value is -3.50. The molecule has 174 valence electrons. The number of amides is 1. The first-order chi connectivity index (χ1) is 16.5. The lowest BCUT2D eigenvalue weighted by Gasteiger charge is -2.11. The van der Waals surface area contributed by atoms with Gasteiger partial charge < -0.3 is 10.1 Å². The maximum absolute atomic E-state index is 12.9. The molecule has 1 aromatic carbocycles. The normalized spacial score (nSPS) is 10.8. The van der Waals surface area contributed by atoms with Crippen LogP contribution in [0.1, 0.15) is 21.5 Å². The third-order valence-electron chi connectivity index (χ3n) is 4.92. The lowest BCUT2D eigenvalue weighted by atomic mass is 10.2. The Morgan fingerprint density at radius 3 is 2.53 bits per heavy atom. The van der Waals surface area contributed by atoms with Crippen molar-refractivity contribution in [1.29, 1.82) is 0 Å². The van der Waals surface area contributed by atoms with E-state index < -0.39 is 0 Å². The van der Waals surface area contributed by atoms with Crippen LogP contribution in [0.25, 0.3) is 17.1 Å². The van der Waals surface area contributed by atoms with Crippen LogP contribution in [-0.2, 0) is 11.2 Å². The summed E-state index contributed by atoms with van der Waals surface area (Å²) >= 11 is 2.80. The molecule has 0 atom stereocenters. The third kappa shape index (κ3) is 5.70. The van der Waals surface area contributed by atoms with Gasteiger partial charge in [0.15, 0.2) is 16.8 Å². The first-order valence-electron chi connectivity index (χ1n) is 10.5. The van der Waals surface area contributed by atoms with Crippen molar-refractivity contribution in [3.8, 4) is 22.8 Å². The number of methoxy groups -OCH3 is 1. The molecule has 3 heterocycles. The van der Waals surface area contributed by atoms with Crippen LogP contribution in [0, 0.1) is 0 Å². The SMILES string of the molecule is COc1ccc(-n2c(SCC(=O)c3ccc(CCNC(C)=O)s3)nnc2-c2ccncc2)cc1. The molecule has 0 bridgehead atoms. The maximum Gasteiger partial charge on any atom is 0.216 e. The van der Waals surface area contributed by atoms with Gasteiger partial charge in [0, 0.05) is 42.0 Å². The Balaban J connectivity index is 1.53. The number of thioether (sulfide) groups is 1. The molecule has 4 rings (SSSR count). The Kier molecular flexibility index (Phi) is 7.71.